The van der Waals surface area contributed by atoms with Crippen LogP contribution in [0.1, 0.15) is 0 Å². The minimum Gasteiger partial charge on any atom is -0.443 e. The molecule has 0 rings (SSSR count). The Kier molecular flexibility index (Phi) is 118. The SMILES string of the molecule is N#CO.[K+].[N-]=[N+]=[N-].[Na+]. The Morgan fingerprint density at radius 3 is 1.50 bits per heavy atom. The van der Waals surface area contributed by atoms with Gasteiger partial charge in [-0.05, 0) is 0 Å². The first-order chi connectivity index (χ1) is 2.83. The first kappa shape index (κ1) is 22.9. The second kappa shape index (κ2) is 41.2. The third kappa shape index (κ3) is 184. The van der Waals surface area contributed by atoms with Gasteiger partial charge in [-0.15, -0.1) is 0 Å². The molecule has 0 spiro atoms. The number of nitriles is 1. The monoisotopic (exact) mass is 147 g/mol. The van der Waals surface area contributed by atoms with Gasteiger partial charge in [-0.3, -0.25) is 4.91 Å². The van der Waals surface area contributed by atoms with Crippen molar-refractivity contribution in [1.29, 1.82) is 5.26 Å². The van der Waals surface area contributed by atoms with Crippen molar-refractivity contribution in [2.75, 3.05) is 0 Å². The molecule has 0 bridgehead atoms. The molecule has 0 aliphatic carbocycles. The molecule has 7 heteroatoms. The number of aliphatic hydroxyl groups is 1. The van der Waals surface area contributed by atoms with E-state index in [-0.39, 0.29) is 80.9 Å². The van der Waals surface area contributed by atoms with Crippen LogP contribution in [0.2, 0.25) is 0 Å². The minimum atomic E-state index is 0. The summed E-state index contributed by atoms with van der Waals surface area (Å²) in [6.45, 7) is 0. The fraction of sp³-hybridized carbons (Fsp3) is 0. The molecule has 0 heterocycles. The second-order valence-corrected chi connectivity index (χ2v) is 0.189. The zero-order chi connectivity index (χ0) is 5.41. The van der Waals surface area contributed by atoms with Crippen molar-refractivity contribution in [3.8, 4) is 6.26 Å². The van der Waals surface area contributed by atoms with Crippen LogP contribution in [0.15, 0.2) is 0 Å². The maximum atomic E-state index is 6.88. The summed E-state index contributed by atoms with van der Waals surface area (Å²) in [6.07, 6.45) is 0.750. The molecule has 0 aromatic heterocycles. The summed E-state index contributed by atoms with van der Waals surface area (Å²) >= 11 is 0. The van der Waals surface area contributed by atoms with Crippen molar-refractivity contribution in [3.63, 3.8) is 0 Å². The first-order valence-electron chi connectivity index (χ1n) is 0.847. The molecule has 0 unspecified atom stereocenters. The van der Waals surface area contributed by atoms with Crippen LogP contribution in [0, 0.1) is 11.5 Å². The fourth-order valence-electron chi connectivity index (χ4n) is 0. The molecule has 0 fully saturated rings. The topological polar surface area (TPSA) is 103 Å². The molecule has 0 aliphatic heterocycles. The van der Waals surface area contributed by atoms with Crippen molar-refractivity contribution in [2.24, 2.45) is 0 Å². The summed E-state index contributed by atoms with van der Waals surface area (Å²) in [5.41, 5.74) is 13.5. The molecule has 0 aliphatic rings. The van der Waals surface area contributed by atoms with Gasteiger partial charge in [0, 0.05) is 0 Å². The summed E-state index contributed by atoms with van der Waals surface area (Å²) < 4.78 is 0. The predicted molar refractivity (Wildman–Crippen MR) is 17.6 cm³/mol. The molecule has 1 N–H and O–H groups in total. The fourth-order valence-corrected chi connectivity index (χ4v) is 0. The van der Waals surface area contributed by atoms with Crippen molar-refractivity contribution < 1.29 is 86.0 Å². The molecular weight excluding hydrogens is 146 g/mol. The van der Waals surface area contributed by atoms with Gasteiger partial charge in [0.1, 0.15) is 0 Å². The molecule has 0 saturated carbocycles. The summed E-state index contributed by atoms with van der Waals surface area (Å²) in [6, 6.07) is 0. The Morgan fingerprint density at radius 1 is 1.50 bits per heavy atom. The van der Waals surface area contributed by atoms with Crippen molar-refractivity contribution in [2.45, 2.75) is 0 Å². The molecule has 0 radical (unpaired) electrons. The van der Waals surface area contributed by atoms with Crippen LogP contribution in [0.5, 0.6) is 0 Å². The number of hydrogen-bond donors (Lipinski definition) is 1. The number of aliphatic hydroxyl groups excluding tert-OH is 1. The van der Waals surface area contributed by atoms with Gasteiger partial charge in [0.05, 0.1) is 0 Å². The van der Waals surface area contributed by atoms with E-state index in [4.69, 9.17) is 21.4 Å². The van der Waals surface area contributed by atoms with Crippen LogP contribution in [-0.4, -0.2) is 5.11 Å². The molecule has 0 aromatic rings. The maximum absolute atomic E-state index is 6.88. The Bertz CT molecular complexity index is 82.5. The van der Waals surface area contributed by atoms with Gasteiger partial charge in [-0.1, -0.05) is 0 Å². The normalized spacial score (nSPS) is 1.88. The molecule has 0 amide bonds. The number of hydrogen-bond acceptors (Lipinski definition) is 2. The number of nitrogens with zero attached hydrogens (tertiary/aromatic N) is 4. The van der Waals surface area contributed by atoms with Crippen molar-refractivity contribution >= 4 is 0 Å². The van der Waals surface area contributed by atoms with Gasteiger partial charge < -0.3 is 16.2 Å². The Morgan fingerprint density at radius 2 is 1.50 bits per heavy atom. The van der Waals surface area contributed by atoms with Crippen LogP contribution in [0.25, 0.3) is 16.0 Å². The molecule has 5 nitrogen and oxygen atoms in total. The second-order valence-electron chi connectivity index (χ2n) is 0.189. The third-order valence-electron chi connectivity index (χ3n) is 0. The van der Waals surface area contributed by atoms with Crippen molar-refractivity contribution in [3.05, 3.63) is 16.0 Å². The van der Waals surface area contributed by atoms with E-state index in [1.54, 1.807) is 0 Å². The molecule has 0 saturated heterocycles. The Balaban J connectivity index is -0.0000000160. The van der Waals surface area contributed by atoms with E-state index in [1.165, 1.54) is 4.91 Å². The Hall–Kier alpha value is 1.24. The van der Waals surface area contributed by atoms with E-state index >= 15 is 0 Å². The quantitative estimate of drug-likeness (QED) is 0.121. The van der Waals surface area contributed by atoms with E-state index in [0.717, 1.165) is 6.26 Å². The van der Waals surface area contributed by atoms with Gasteiger partial charge in [0.15, 0.2) is 0 Å². The summed E-state index contributed by atoms with van der Waals surface area (Å²) in [5.74, 6) is 0. The van der Waals surface area contributed by atoms with Crippen LogP contribution >= 0.6 is 0 Å². The van der Waals surface area contributed by atoms with Crippen LogP contribution in [0.4, 0.5) is 0 Å². The molecule has 32 valence electrons. The van der Waals surface area contributed by atoms with Gasteiger partial charge in [-0.25, -0.2) is 0 Å². The zero-order valence-electron chi connectivity index (χ0n) is 4.74. The van der Waals surface area contributed by atoms with Crippen LogP contribution in [-0.2, 0) is 0 Å². The Labute approximate surface area is 111 Å². The van der Waals surface area contributed by atoms with E-state index < -0.39 is 0 Å². The summed E-state index contributed by atoms with van der Waals surface area (Å²) in [4.78, 5) is 1.50. The van der Waals surface area contributed by atoms with Gasteiger partial charge >= 0.3 is 80.9 Å². The molecular formula is CHKN4NaO+. The molecule has 0 aromatic carbocycles. The first-order valence-corrected chi connectivity index (χ1v) is 0.847. The average molecular weight is 147 g/mol. The van der Waals surface area contributed by atoms with Gasteiger partial charge in [-0.2, -0.15) is 5.26 Å². The summed E-state index contributed by atoms with van der Waals surface area (Å²) in [5, 5.41) is 13.8. The van der Waals surface area contributed by atoms with Crippen molar-refractivity contribution in [1.82, 2.24) is 0 Å². The average Bonchev–Trinajstić information content (AvgIpc) is 1.39. The number of rotatable bonds is 0. The standard InChI is InChI=1S/CHNO.K.N3.Na/c2-1-3;;1-3-2;/h3H;;;/q;+1;-1;+1. The third-order valence-corrected chi connectivity index (χ3v) is 0. The van der Waals surface area contributed by atoms with Crippen LogP contribution in [0.3, 0.4) is 0 Å². The molecule has 0 atom stereocenters. The minimum absolute atomic E-state index is 0. The molecule has 8 heavy (non-hydrogen) atoms. The van der Waals surface area contributed by atoms with E-state index in [9.17, 15) is 0 Å². The van der Waals surface area contributed by atoms with E-state index in [1.807, 2.05) is 0 Å². The largest absolute Gasteiger partial charge is 1.00 e. The van der Waals surface area contributed by atoms with E-state index in [2.05, 4.69) is 0 Å². The van der Waals surface area contributed by atoms with Crippen LogP contribution < -0.4 is 80.9 Å². The van der Waals surface area contributed by atoms with Gasteiger partial charge in [0.25, 0.3) is 6.26 Å². The smallest absolute Gasteiger partial charge is 0.443 e. The summed E-state index contributed by atoms with van der Waals surface area (Å²) in [7, 11) is 0. The van der Waals surface area contributed by atoms with Gasteiger partial charge in [0.2, 0.25) is 0 Å². The van der Waals surface area contributed by atoms with E-state index in [0.29, 0.717) is 0 Å². The zero-order valence-corrected chi connectivity index (χ0v) is 9.86. The predicted octanol–water partition coefficient (Wildman–Crippen LogP) is -5.29. The maximum Gasteiger partial charge on any atom is 1.00 e.